The van der Waals surface area contributed by atoms with Crippen LogP contribution in [0.2, 0.25) is 0 Å². The third-order valence-corrected chi connectivity index (χ3v) is 10.5. The molecule has 2 amide bonds. The standard InChI is InChI=1S/C41H47N7O5S/c1-48-41(45-46-47-48)54-27-34-24-37(31-17-15-28(26-49)16-18-31)53-40(52-34)32-21-19-30(20-22-32)33-10-8-9-29(23-33)25-43-38(50)13-4-2-3-5-14-39(51)44-36-12-7-6-11-35(36)42/h6-12,15-23,34,37,40,49H,2-5,13-14,24-27,42H2,1H3,(H,43,50)(H,44,51)/t34-,37+,40+/m0/s1. The quantitative estimate of drug-likeness (QED) is 0.0447. The van der Waals surface area contributed by atoms with Crippen molar-refractivity contribution in [1.29, 1.82) is 0 Å². The first-order valence-electron chi connectivity index (χ1n) is 18.3. The second kappa shape index (κ2) is 19.3. The molecule has 282 valence electrons. The van der Waals surface area contributed by atoms with Gasteiger partial charge in [-0.05, 0) is 69.3 Å². The number of aromatic nitrogens is 4. The molecule has 13 heteroatoms. The third-order valence-electron chi connectivity index (χ3n) is 9.32. The van der Waals surface area contributed by atoms with E-state index in [1.54, 1.807) is 28.6 Å². The number of aliphatic hydroxyl groups is 1. The summed E-state index contributed by atoms with van der Waals surface area (Å²) in [4.78, 5) is 24.8. The van der Waals surface area contributed by atoms with E-state index in [1.165, 1.54) is 0 Å². The topological polar surface area (TPSA) is 167 Å². The van der Waals surface area contributed by atoms with Crippen LogP contribution in [0.1, 0.15) is 79.6 Å². The molecule has 3 atom stereocenters. The number of aryl methyl sites for hydroxylation is 1. The van der Waals surface area contributed by atoms with Crippen LogP contribution in [0.25, 0.3) is 11.1 Å². The average Bonchev–Trinajstić information content (AvgIpc) is 3.62. The van der Waals surface area contributed by atoms with Gasteiger partial charge in [0.05, 0.1) is 30.2 Å². The van der Waals surface area contributed by atoms with Crippen LogP contribution in [0.5, 0.6) is 0 Å². The van der Waals surface area contributed by atoms with Crippen molar-refractivity contribution in [3.63, 3.8) is 0 Å². The zero-order valence-corrected chi connectivity index (χ0v) is 31.2. The van der Waals surface area contributed by atoms with Crippen LogP contribution >= 0.6 is 11.8 Å². The summed E-state index contributed by atoms with van der Waals surface area (Å²) in [6, 6.07) is 31.4. The van der Waals surface area contributed by atoms with Crippen molar-refractivity contribution in [1.82, 2.24) is 25.5 Å². The van der Waals surface area contributed by atoms with Crippen molar-refractivity contribution >= 4 is 35.0 Å². The maximum absolute atomic E-state index is 12.6. The number of anilines is 2. The van der Waals surface area contributed by atoms with Crippen molar-refractivity contribution in [2.45, 2.75) is 81.8 Å². The SMILES string of the molecule is Cn1nnnc1SC[C@@H]1C[C@H](c2ccc(CO)cc2)O[C@H](c2ccc(-c3cccc(CNC(=O)CCCCCCC(=O)Nc4ccccc4N)c3)cc2)O1. The number of para-hydroxylation sites is 2. The number of nitrogen functional groups attached to an aromatic ring is 1. The van der Waals surface area contributed by atoms with E-state index < -0.39 is 6.29 Å². The first-order valence-corrected chi connectivity index (χ1v) is 19.3. The number of thioether (sulfide) groups is 1. The maximum Gasteiger partial charge on any atom is 0.224 e. The number of ether oxygens (including phenoxy) is 2. The number of rotatable bonds is 17. The number of aliphatic hydroxyl groups excluding tert-OH is 1. The molecule has 5 aromatic rings. The smallest absolute Gasteiger partial charge is 0.224 e. The van der Waals surface area contributed by atoms with Crippen LogP contribution in [0.15, 0.2) is 102 Å². The van der Waals surface area contributed by atoms with E-state index in [4.69, 9.17) is 15.2 Å². The fourth-order valence-corrected chi connectivity index (χ4v) is 7.13. The van der Waals surface area contributed by atoms with Gasteiger partial charge in [0, 0.05) is 44.2 Å². The summed E-state index contributed by atoms with van der Waals surface area (Å²) in [5, 5.41) is 27.9. The Labute approximate surface area is 319 Å². The summed E-state index contributed by atoms with van der Waals surface area (Å²) in [6.45, 7) is 0.437. The molecule has 0 radical (unpaired) electrons. The number of amides is 2. The van der Waals surface area contributed by atoms with Crippen LogP contribution in [0.4, 0.5) is 11.4 Å². The third kappa shape index (κ3) is 11.0. The highest BCUT2D eigenvalue weighted by molar-refractivity contribution is 7.99. The lowest BCUT2D eigenvalue weighted by atomic mass is 9.99. The number of nitrogens with zero attached hydrogens (tertiary/aromatic N) is 4. The molecule has 1 aromatic heterocycles. The Morgan fingerprint density at radius 1 is 0.852 bits per heavy atom. The van der Waals surface area contributed by atoms with Gasteiger partial charge in [-0.2, -0.15) is 0 Å². The molecule has 0 aliphatic carbocycles. The molecule has 1 aliphatic heterocycles. The molecule has 1 fully saturated rings. The van der Waals surface area contributed by atoms with Crippen LogP contribution < -0.4 is 16.4 Å². The summed E-state index contributed by atoms with van der Waals surface area (Å²) >= 11 is 1.55. The number of tetrazole rings is 1. The van der Waals surface area contributed by atoms with Crippen molar-refractivity contribution in [2.75, 3.05) is 16.8 Å². The van der Waals surface area contributed by atoms with Gasteiger partial charge in [-0.15, -0.1) is 5.10 Å². The lowest BCUT2D eigenvalue weighted by molar-refractivity contribution is -0.245. The van der Waals surface area contributed by atoms with Gasteiger partial charge in [-0.25, -0.2) is 4.68 Å². The monoisotopic (exact) mass is 749 g/mol. The number of nitrogens with two attached hydrogens (primary N) is 1. The van der Waals surface area contributed by atoms with Gasteiger partial charge in [-0.3, -0.25) is 9.59 Å². The van der Waals surface area contributed by atoms with Crippen molar-refractivity contribution in [3.8, 4) is 11.1 Å². The minimum absolute atomic E-state index is 0.00930. The Balaban J connectivity index is 0.976. The number of nitrogens with one attached hydrogen (secondary N) is 2. The van der Waals surface area contributed by atoms with Gasteiger partial charge in [0.15, 0.2) is 6.29 Å². The Kier molecular flexibility index (Phi) is 13.8. The van der Waals surface area contributed by atoms with Crippen LogP contribution in [0, 0.1) is 0 Å². The highest BCUT2D eigenvalue weighted by atomic mass is 32.2. The maximum atomic E-state index is 12.6. The second-order valence-corrected chi connectivity index (χ2v) is 14.4. The van der Waals surface area contributed by atoms with E-state index in [1.807, 2.05) is 67.7 Å². The summed E-state index contributed by atoms with van der Waals surface area (Å²) in [5.41, 5.74) is 13.0. The Morgan fingerprint density at radius 2 is 1.59 bits per heavy atom. The second-order valence-electron chi connectivity index (χ2n) is 13.4. The fraction of sp³-hybridized carbons (Fsp3) is 0.341. The Bertz CT molecular complexity index is 1970. The molecule has 1 saturated heterocycles. The van der Waals surface area contributed by atoms with Crippen LogP contribution in [-0.4, -0.2) is 49.0 Å². The van der Waals surface area contributed by atoms with E-state index in [0.29, 0.717) is 42.9 Å². The molecule has 2 heterocycles. The number of hydrogen-bond donors (Lipinski definition) is 4. The number of carbonyl (C=O) groups excluding carboxylic acids is 2. The zero-order chi connectivity index (χ0) is 37.7. The summed E-state index contributed by atoms with van der Waals surface area (Å²) in [5.74, 6) is 0.624. The predicted octanol–water partition coefficient (Wildman–Crippen LogP) is 6.88. The number of carbonyl (C=O) groups is 2. The van der Waals surface area contributed by atoms with Gasteiger partial charge in [-0.1, -0.05) is 103 Å². The normalized spacial score (nSPS) is 16.9. The van der Waals surface area contributed by atoms with Crippen molar-refractivity contribution in [2.24, 2.45) is 7.05 Å². The van der Waals surface area contributed by atoms with Gasteiger partial charge in [0.25, 0.3) is 0 Å². The number of unbranched alkanes of at least 4 members (excludes halogenated alkanes) is 3. The Morgan fingerprint density at radius 3 is 2.31 bits per heavy atom. The molecule has 4 aromatic carbocycles. The molecule has 1 aliphatic rings. The molecule has 12 nitrogen and oxygen atoms in total. The molecule has 5 N–H and O–H groups in total. The van der Waals surface area contributed by atoms with Gasteiger partial charge < -0.3 is 30.9 Å². The molecular formula is C41H47N7O5S. The summed E-state index contributed by atoms with van der Waals surface area (Å²) < 4.78 is 14.7. The minimum atomic E-state index is -0.570. The largest absolute Gasteiger partial charge is 0.397 e. The van der Waals surface area contributed by atoms with Crippen molar-refractivity contribution in [3.05, 3.63) is 119 Å². The van der Waals surface area contributed by atoms with E-state index in [-0.39, 0.29) is 30.6 Å². The molecule has 0 unspecified atom stereocenters. The van der Waals surface area contributed by atoms with Crippen LogP contribution in [-0.2, 0) is 39.3 Å². The van der Waals surface area contributed by atoms with Crippen LogP contribution in [0.3, 0.4) is 0 Å². The highest BCUT2D eigenvalue weighted by Gasteiger charge is 2.32. The lowest BCUT2D eigenvalue weighted by Gasteiger charge is -2.36. The highest BCUT2D eigenvalue weighted by Crippen LogP contribution is 2.39. The predicted molar refractivity (Wildman–Crippen MR) is 209 cm³/mol. The van der Waals surface area contributed by atoms with E-state index in [0.717, 1.165) is 64.2 Å². The molecule has 6 rings (SSSR count). The number of benzene rings is 4. The lowest BCUT2D eigenvalue weighted by Crippen LogP contribution is -2.31. The van der Waals surface area contributed by atoms with Crippen molar-refractivity contribution < 1.29 is 24.2 Å². The Hall–Kier alpha value is -5.08. The van der Waals surface area contributed by atoms with E-state index in [2.05, 4.69) is 50.4 Å². The average molecular weight is 750 g/mol. The molecule has 54 heavy (non-hydrogen) atoms. The number of hydrogen-bond acceptors (Lipinski definition) is 10. The molecular weight excluding hydrogens is 703 g/mol. The molecule has 0 spiro atoms. The molecule has 0 saturated carbocycles. The van der Waals surface area contributed by atoms with E-state index >= 15 is 0 Å². The van der Waals surface area contributed by atoms with E-state index in [9.17, 15) is 14.7 Å². The minimum Gasteiger partial charge on any atom is -0.397 e. The summed E-state index contributed by atoms with van der Waals surface area (Å²) in [6.07, 6.45) is 3.97. The van der Waals surface area contributed by atoms with Gasteiger partial charge >= 0.3 is 0 Å². The van der Waals surface area contributed by atoms with Gasteiger partial charge in [0.2, 0.25) is 17.0 Å². The molecule has 0 bridgehead atoms. The van der Waals surface area contributed by atoms with Gasteiger partial charge in [0.1, 0.15) is 0 Å². The fourth-order valence-electron chi connectivity index (χ4n) is 6.26. The first-order chi connectivity index (χ1) is 26.3. The zero-order valence-electron chi connectivity index (χ0n) is 30.4. The summed E-state index contributed by atoms with van der Waals surface area (Å²) in [7, 11) is 1.82. The first kappa shape index (κ1) is 38.6.